The summed E-state index contributed by atoms with van der Waals surface area (Å²) in [6.45, 7) is 4.38. The number of aryl methyl sites for hydroxylation is 1. The van der Waals surface area contributed by atoms with E-state index in [0.29, 0.717) is 36.0 Å². The molecular weight excluding hydrogens is 275 g/mol. The van der Waals surface area contributed by atoms with Crippen LogP contribution in [0.2, 0.25) is 4.34 Å². The van der Waals surface area contributed by atoms with E-state index in [1.807, 2.05) is 11.8 Å². The van der Waals surface area contributed by atoms with Gasteiger partial charge in [-0.15, -0.1) is 11.3 Å². The topological polar surface area (TPSA) is 32.3 Å². The van der Waals surface area contributed by atoms with Gasteiger partial charge in [0.25, 0.3) is 5.91 Å². The van der Waals surface area contributed by atoms with Crippen molar-refractivity contribution in [2.24, 2.45) is 0 Å². The van der Waals surface area contributed by atoms with Crippen LogP contribution >= 0.6 is 22.9 Å². The van der Waals surface area contributed by atoms with Gasteiger partial charge in [-0.3, -0.25) is 9.69 Å². The lowest BCUT2D eigenvalue weighted by atomic mass is 10.3. The van der Waals surface area contributed by atoms with Crippen molar-refractivity contribution in [3.8, 4) is 0 Å². The highest BCUT2D eigenvalue weighted by Gasteiger charge is 2.21. The highest BCUT2D eigenvalue weighted by molar-refractivity contribution is 7.16. The molecule has 1 atom stereocenters. The second-order valence-electron chi connectivity index (χ2n) is 4.49. The Morgan fingerprint density at radius 1 is 1.72 bits per heavy atom. The molecule has 1 fully saturated rings. The molecule has 1 aromatic rings. The maximum atomic E-state index is 12.9. The molecular formula is C12H16ClFN2OS. The van der Waals surface area contributed by atoms with Crippen LogP contribution in [0.4, 0.5) is 4.39 Å². The molecule has 1 aromatic heterocycles. The first-order valence-corrected chi connectivity index (χ1v) is 7.16. The van der Waals surface area contributed by atoms with Crippen LogP contribution in [0, 0.1) is 6.92 Å². The summed E-state index contributed by atoms with van der Waals surface area (Å²) in [4.78, 5) is 14.9. The van der Waals surface area contributed by atoms with Gasteiger partial charge in [0, 0.05) is 31.1 Å². The predicted molar refractivity (Wildman–Crippen MR) is 72.4 cm³/mol. The standard InChI is InChI=1S/C12H16ClFN2OS/c1-8-6-10(11(13)18-8)12(17)15-3-5-16-4-2-9(14)7-16/h6,9H,2-5,7H2,1H3,(H,15,17). The first kappa shape index (κ1) is 13.8. The summed E-state index contributed by atoms with van der Waals surface area (Å²) >= 11 is 7.36. The van der Waals surface area contributed by atoms with Crippen LogP contribution in [0.5, 0.6) is 0 Å². The van der Waals surface area contributed by atoms with E-state index in [2.05, 4.69) is 5.32 Å². The SMILES string of the molecule is Cc1cc(C(=O)NCCN2CCC(F)C2)c(Cl)s1. The molecule has 0 saturated carbocycles. The van der Waals surface area contributed by atoms with Crippen LogP contribution in [-0.2, 0) is 0 Å². The number of thiophene rings is 1. The van der Waals surface area contributed by atoms with Crippen molar-refractivity contribution in [1.29, 1.82) is 0 Å². The minimum Gasteiger partial charge on any atom is -0.351 e. The Balaban J connectivity index is 1.77. The fraction of sp³-hybridized carbons (Fsp3) is 0.583. The zero-order valence-electron chi connectivity index (χ0n) is 10.2. The van der Waals surface area contributed by atoms with Crippen LogP contribution < -0.4 is 5.32 Å². The molecule has 3 nitrogen and oxygen atoms in total. The highest BCUT2D eigenvalue weighted by Crippen LogP contribution is 2.26. The van der Waals surface area contributed by atoms with Gasteiger partial charge < -0.3 is 5.32 Å². The monoisotopic (exact) mass is 290 g/mol. The number of amides is 1. The van der Waals surface area contributed by atoms with Gasteiger partial charge in [0.15, 0.2) is 0 Å². The number of carbonyl (C=O) groups is 1. The lowest BCUT2D eigenvalue weighted by molar-refractivity contribution is 0.0950. The quantitative estimate of drug-likeness (QED) is 0.924. The third-order valence-electron chi connectivity index (χ3n) is 2.98. The Morgan fingerprint density at radius 2 is 2.50 bits per heavy atom. The molecule has 0 bridgehead atoms. The molecule has 1 aliphatic heterocycles. The molecule has 1 saturated heterocycles. The fourth-order valence-corrected chi connectivity index (χ4v) is 3.28. The summed E-state index contributed by atoms with van der Waals surface area (Å²) in [5, 5.41) is 2.81. The zero-order valence-corrected chi connectivity index (χ0v) is 11.8. The van der Waals surface area contributed by atoms with Crippen LogP contribution in [-0.4, -0.2) is 43.2 Å². The van der Waals surface area contributed by atoms with E-state index in [-0.39, 0.29) is 5.91 Å². The molecule has 1 aliphatic rings. The molecule has 18 heavy (non-hydrogen) atoms. The second-order valence-corrected chi connectivity index (χ2v) is 6.35. The molecule has 0 aromatic carbocycles. The van der Waals surface area contributed by atoms with E-state index < -0.39 is 6.17 Å². The average molecular weight is 291 g/mol. The van der Waals surface area contributed by atoms with E-state index in [1.54, 1.807) is 6.07 Å². The summed E-state index contributed by atoms with van der Waals surface area (Å²) in [5.74, 6) is -0.152. The van der Waals surface area contributed by atoms with E-state index in [1.165, 1.54) is 11.3 Å². The Bertz CT molecular complexity index is 438. The van der Waals surface area contributed by atoms with Crippen molar-refractivity contribution in [3.05, 3.63) is 20.8 Å². The van der Waals surface area contributed by atoms with Crippen LogP contribution in [0.25, 0.3) is 0 Å². The van der Waals surface area contributed by atoms with Gasteiger partial charge in [-0.05, 0) is 19.4 Å². The van der Waals surface area contributed by atoms with Crippen molar-refractivity contribution in [3.63, 3.8) is 0 Å². The number of carbonyl (C=O) groups excluding carboxylic acids is 1. The van der Waals surface area contributed by atoms with E-state index in [0.717, 1.165) is 11.4 Å². The molecule has 1 amide bonds. The minimum atomic E-state index is -0.713. The number of nitrogens with zero attached hydrogens (tertiary/aromatic N) is 1. The number of halogens is 2. The maximum absolute atomic E-state index is 12.9. The number of likely N-dealkylation sites (tertiary alicyclic amines) is 1. The second kappa shape index (κ2) is 5.99. The molecule has 0 aliphatic carbocycles. The van der Waals surface area contributed by atoms with Crippen molar-refractivity contribution >= 4 is 28.8 Å². The van der Waals surface area contributed by atoms with E-state index in [4.69, 9.17) is 11.6 Å². The van der Waals surface area contributed by atoms with Gasteiger partial charge in [0.2, 0.25) is 0 Å². The Morgan fingerprint density at radius 3 is 3.06 bits per heavy atom. The van der Waals surface area contributed by atoms with Gasteiger partial charge in [0.1, 0.15) is 10.5 Å². The lowest BCUT2D eigenvalue weighted by Gasteiger charge is -2.14. The van der Waals surface area contributed by atoms with Gasteiger partial charge in [-0.25, -0.2) is 4.39 Å². The lowest BCUT2D eigenvalue weighted by Crippen LogP contribution is -2.34. The third kappa shape index (κ3) is 3.43. The Kier molecular flexibility index (Phi) is 4.59. The van der Waals surface area contributed by atoms with Crippen LogP contribution in [0.3, 0.4) is 0 Å². The van der Waals surface area contributed by atoms with Crippen molar-refractivity contribution in [1.82, 2.24) is 10.2 Å². The normalized spacial score (nSPS) is 20.3. The van der Waals surface area contributed by atoms with Gasteiger partial charge >= 0.3 is 0 Å². The summed E-state index contributed by atoms with van der Waals surface area (Å²) < 4.78 is 13.5. The summed E-state index contributed by atoms with van der Waals surface area (Å²) in [5.41, 5.74) is 0.531. The van der Waals surface area contributed by atoms with Crippen molar-refractivity contribution in [2.75, 3.05) is 26.2 Å². The largest absolute Gasteiger partial charge is 0.351 e. The average Bonchev–Trinajstić information content (AvgIpc) is 2.85. The van der Waals surface area contributed by atoms with Crippen LogP contribution in [0.15, 0.2) is 6.07 Å². The van der Waals surface area contributed by atoms with Crippen LogP contribution in [0.1, 0.15) is 21.7 Å². The third-order valence-corrected chi connectivity index (χ3v) is 4.26. The molecule has 2 heterocycles. The predicted octanol–water partition coefficient (Wildman–Crippen LogP) is 2.48. The Labute approximate surface area is 115 Å². The zero-order chi connectivity index (χ0) is 13.1. The number of rotatable bonds is 4. The number of alkyl halides is 1. The first-order chi connectivity index (χ1) is 8.56. The number of hydrogen-bond acceptors (Lipinski definition) is 3. The molecule has 2 rings (SSSR count). The van der Waals surface area contributed by atoms with Crippen molar-refractivity contribution in [2.45, 2.75) is 19.5 Å². The molecule has 100 valence electrons. The summed E-state index contributed by atoms with van der Waals surface area (Å²) in [6, 6.07) is 1.79. The number of nitrogens with one attached hydrogen (secondary N) is 1. The molecule has 0 spiro atoms. The molecule has 1 unspecified atom stereocenters. The molecule has 0 radical (unpaired) electrons. The van der Waals surface area contributed by atoms with Gasteiger partial charge in [-0.2, -0.15) is 0 Å². The smallest absolute Gasteiger partial charge is 0.253 e. The summed E-state index contributed by atoms with van der Waals surface area (Å²) in [6.07, 6.45) is -0.113. The number of hydrogen-bond donors (Lipinski definition) is 1. The molecule has 6 heteroatoms. The van der Waals surface area contributed by atoms with Gasteiger partial charge in [0.05, 0.1) is 5.56 Å². The Hall–Kier alpha value is -0.650. The van der Waals surface area contributed by atoms with E-state index >= 15 is 0 Å². The summed E-state index contributed by atoms with van der Waals surface area (Å²) in [7, 11) is 0. The highest BCUT2D eigenvalue weighted by atomic mass is 35.5. The first-order valence-electron chi connectivity index (χ1n) is 5.97. The molecule has 1 N–H and O–H groups in total. The van der Waals surface area contributed by atoms with Crippen molar-refractivity contribution < 1.29 is 9.18 Å². The minimum absolute atomic E-state index is 0.152. The fourth-order valence-electron chi connectivity index (χ4n) is 2.05. The maximum Gasteiger partial charge on any atom is 0.253 e. The van der Waals surface area contributed by atoms with Gasteiger partial charge in [-0.1, -0.05) is 11.6 Å². The van der Waals surface area contributed by atoms with E-state index in [9.17, 15) is 9.18 Å².